The highest BCUT2D eigenvalue weighted by Gasteiger charge is 2.08. The third-order valence-electron chi connectivity index (χ3n) is 2.34. The van der Waals surface area contributed by atoms with Crippen molar-refractivity contribution in [3.05, 3.63) is 52.8 Å². The summed E-state index contributed by atoms with van der Waals surface area (Å²) in [5.41, 5.74) is 1.84. The fourth-order valence-electron chi connectivity index (χ4n) is 1.47. The standard InChI is InChI=1S/C13H11ClN2O2/c1-8-4-9(7-15-6-8)13(18)16-10-2-3-11(14)12(17)5-10/h2-7,17H,1H3,(H,16,18). The van der Waals surface area contributed by atoms with Gasteiger partial charge in [0, 0.05) is 24.1 Å². The van der Waals surface area contributed by atoms with Crippen molar-refractivity contribution in [2.24, 2.45) is 0 Å². The van der Waals surface area contributed by atoms with E-state index in [4.69, 9.17) is 11.6 Å². The summed E-state index contributed by atoms with van der Waals surface area (Å²) in [7, 11) is 0. The minimum atomic E-state index is -0.284. The number of amides is 1. The van der Waals surface area contributed by atoms with Gasteiger partial charge in [-0.1, -0.05) is 11.6 Å². The molecule has 0 spiro atoms. The molecular formula is C13H11ClN2O2. The number of aromatic hydroxyl groups is 1. The van der Waals surface area contributed by atoms with Crippen molar-refractivity contribution in [1.82, 2.24) is 4.98 Å². The van der Waals surface area contributed by atoms with Crippen LogP contribution in [0.2, 0.25) is 5.02 Å². The maximum absolute atomic E-state index is 11.9. The number of nitrogens with one attached hydrogen (secondary N) is 1. The van der Waals surface area contributed by atoms with E-state index in [1.807, 2.05) is 6.92 Å². The lowest BCUT2D eigenvalue weighted by Crippen LogP contribution is -2.12. The van der Waals surface area contributed by atoms with Gasteiger partial charge in [-0.2, -0.15) is 0 Å². The SMILES string of the molecule is Cc1cncc(C(=O)Nc2ccc(Cl)c(O)c2)c1. The summed E-state index contributed by atoms with van der Waals surface area (Å²) in [5.74, 6) is -0.357. The highest BCUT2D eigenvalue weighted by atomic mass is 35.5. The van der Waals surface area contributed by atoms with Gasteiger partial charge in [0.05, 0.1) is 10.6 Å². The molecule has 0 bridgehead atoms. The molecule has 0 saturated carbocycles. The minimum Gasteiger partial charge on any atom is -0.506 e. The van der Waals surface area contributed by atoms with Gasteiger partial charge in [-0.25, -0.2) is 0 Å². The van der Waals surface area contributed by atoms with Crippen LogP contribution in [0.25, 0.3) is 0 Å². The Morgan fingerprint density at radius 1 is 1.33 bits per heavy atom. The monoisotopic (exact) mass is 262 g/mol. The lowest BCUT2D eigenvalue weighted by molar-refractivity contribution is 0.102. The van der Waals surface area contributed by atoms with E-state index in [2.05, 4.69) is 10.3 Å². The number of aryl methyl sites for hydroxylation is 1. The zero-order valence-corrected chi connectivity index (χ0v) is 10.4. The minimum absolute atomic E-state index is 0.0724. The van der Waals surface area contributed by atoms with Crippen LogP contribution in [-0.2, 0) is 0 Å². The lowest BCUT2D eigenvalue weighted by Gasteiger charge is -2.06. The van der Waals surface area contributed by atoms with Crippen LogP contribution in [0, 0.1) is 6.92 Å². The summed E-state index contributed by atoms with van der Waals surface area (Å²) in [4.78, 5) is 15.8. The Morgan fingerprint density at radius 2 is 2.11 bits per heavy atom. The second-order valence-electron chi connectivity index (χ2n) is 3.87. The molecule has 0 aliphatic heterocycles. The number of carbonyl (C=O) groups is 1. The third-order valence-corrected chi connectivity index (χ3v) is 2.66. The van der Waals surface area contributed by atoms with E-state index in [1.54, 1.807) is 18.3 Å². The number of carbonyl (C=O) groups excluding carboxylic acids is 1. The number of halogens is 1. The molecule has 0 aliphatic rings. The summed E-state index contributed by atoms with van der Waals surface area (Å²) >= 11 is 5.68. The van der Waals surface area contributed by atoms with Gasteiger partial charge < -0.3 is 10.4 Å². The number of phenols is 1. The number of benzene rings is 1. The first kappa shape index (κ1) is 12.4. The molecule has 18 heavy (non-hydrogen) atoms. The number of hydrogen-bond acceptors (Lipinski definition) is 3. The molecule has 1 aromatic heterocycles. The van der Waals surface area contributed by atoms with Crippen molar-refractivity contribution in [3.8, 4) is 5.75 Å². The van der Waals surface area contributed by atoms with E-state index in [9.17, 15) is 9.90 Å². The van der Waals surface area contributed by atoms with Crippen molar-refractivity contribution < 1.29 is 9.90 Å². The summed E-state index contributed by atoms with van der Waals surface area (Å²) < 4.78 is 0. The molecule has 1 aromatic carbocycles. The average Bonchev–Trinajstić information content (AvgIpc) is 2.34. The van der Waals surface area contributed by atoms with Crippen molar-refractivity contribution in [1.29, 1.82) is 0 Å². The quantitative estimate of drug-likeness (QED) is 0.875. The molecule has 0 aliphatic carbocycles. The number of phenolic OH excluding ortho intramolecular Hbond substituents is 1. The molecule has 0 fully saturated rings. The molecule has 0 atom stereocenters. The number of hydrogen-bond donors (Lipinski definition) is 2. The smallest absolute Gasteiger partial charge is 0.257 e. The molecule has 2 aromatic rings. The number of aromatic nitrogens is 1. The molecule has 1 amide bonds. The number of rotatable bonds is 2. The first-order chi connectivity index (χ1) is 8.56. The van der Waals surface area contributed by atoms with Gasteiger partial charge >= 0.3 is 0 Å². The largest absolute Gasteiger partial charge is 0.506 e. The molecule has 1 heterocycles. The van der Waals surface area contributed by atoms with Crippen LogP contribution in [0.1, 0.15) is 15.9 Å². The van der Waals surface area contributed by atoms with Gasteiger partial charge in [0.15, 0.2) is 0 Å². The van der Waals surface area contributed by atoms with Crippen molar-refractivity contribution in [2.45, 2.75) is 6.92 Å². The Morgan fingerprint density at radius 3 is 2.78 bits per heavy atom. The number of anilines is 1. The Hall–Kier alpha value is -2.07. The molecule has 4 nitrogen and oxygen atoms in total. The molecule has 0 saturated heterocycles. The Labute approximate surface area is 109 Å². The second-order valence-corrected chi connectivity index (χ2v) is 4.28. The Bertz CT molecular complexity index is 599. The third kappa shape index (κ3) is 2.78. The molecule has 2 N–H and O–H groups in total. The number of nitrogens with zero attached hydrogens (tertiary/aromatic N) is 1. The van der Waals surface area contributed by atoms with Crippen LogP contribution in [0.15, 0.2) is 36.7 Å². The predicted molar refractivity (Wildman–Crippen MR) is 70.0 cm³/mol. The normalized spacial score (nSPS) is 10.1. The maximum Gasteiger partial charge on any atom is 0.257 e. The topological polar surface area (TPSA) is 62.2 Å². The van der Waals surface area contributed by atoms with Gasteiger partial charge in [-0.15, -0.1) is 0 Å². The van der Waals surface area contributed by atoms with Gasteiger partial charge in [0.1, 0.15) is 5.75 Å². The van der Waals surface area contributed by atoms with E-state index < -0.39 is 0 Å². The summed E-state index contributed by atoms with van der Waals surface area (Å²) in [6.07, 6.45) is 3.16. The van der Waals surface area contributed by atoms with Crippen LogP contribution in [0.4, 0.5) is 5.69 Å². The maximum atomic E-state index is 11.9. The van der Waals surface area contributed by atoms with Crippen LogP contribution in [0.5, 0.6) is 5.75 Å². The Balaban J connectivity index is 2.18. The molecule has 2 rings (SSSR count). The van der Waals surface area contributed by atoms with E-state index in [1.165, 1.54) is 18.3 Å². The van der Waals surface area contributed by atoms with Crippen molar-refractivity contribution in [2.75, 3.05) is 5.32 Å². The zero-order chi connectivity index (χ0) is 13.1. The van der Waals surface area contributed by atoms with Gasteiger partial charge in [-0.05, 0) is 30.7 Å². The van der Waals surface area contributed by atoms with Crippen molar-refractivity contribution in [3.63, 3.8) is 0 Å². The van der Waals surface area contributed by atoms with Crippen molar-refractivity contribution >= 4 is 23.2 Å². The van der Waals surface area contributed by atoms with E-state index in [0.29, 0.717) is 11.3 Å². The summed E-state index contributed by atoms with van der Waals surface area (Å²) in [6.45, 7) is 1.86. The summed E-state index contributed by atoms with van der Waals surface area (Å²) in [5, 5.41) is 12.3. The molecular weight excluding hydrogens is 252 g/mol. The fraction of sp³-hybridized carbons (Fsp3) is 0.0769. The highest BCUT2D eigenvalue weighted by molar-refractivity contribution is 6.32. The molecule has 92 valence electrons. The fourth-order valence-corrected chi connectivity index (χ4v) is 1.59. The van der Waals surface area contributed by atoms with Crippen LogP contribution in [-0.4, -0.2) is 16.0 Å². The lowest BCUT2D eigenvalue weighted by atomic mass is 10.2. The van der Waals surface area contributed by atoms with Crippen LogP contribution < -0.4 is 5.32 Å². The first-order valence-electron chi connectivity index (χ1n) is 5.28. The van der Waals surface area contributed by atoms with E-state index in [-0.39, 0.29) is 16.7 Å². The van der Waals surface area contributed by atoms with Crippen LogP contribution in [0.3, 0.4) is 0 Å². The highest BCUT2D eigenvalue weighted by Crippen LogP contribution is 2.26. The molecule has 0 unspecified atom stereocenters. The number of pyridine rings is 1. The van der Waals surface area contributed by atoms with Gasteiger partial charge in [0.25, 0.3) is 5.91 Å². The Kier molecular flexibility index (Phi) is 3.48. The van der Waals surface area contributed by atoms with Crippen LogP contribution >= 0.6 is 11.6 Å². The summed E-state index contributed by atoms with van der Waals surface area (Å²) in [6, 6.07) is 6.26. The predicted octanol–water partition coefficient (Wildman–Crippen LogP) is 3.00. The van der Waals surface area contributed by atoms with Gasteiger partial charge in [-0.3, -0.25) is 9.78 Å². The molecule has 5 heteroatoms. The van der Waals surface area contributed by atoms with Gasteiger partial charge in [0.2, 0.25) is 0 Å². The zero-order valence-electron chi connectivity index (χ0n) is 9.64. The first-order valence-corrected chi connectivity index (χ1v) is 5.65. The molecule has 0 radical (unpaired) electrons. The van der Waals surface area contributed by atoms with E-state index in [0.717, 1.165) is 5.56 Å². The second kappa shape index (κ2) is 5.06. The van der Waals surface area contributed by atoms with E-state index >= 15 is 0 Å². The average molecular weight is 263 g/mol.